The van der Waals surface area contributed by atoms with Crippen molar-refractivity contribution in [2.45, 2.75) is 20.0 Å². The lowest BCUT2D eigenvalue weighted by Gasteiger charge is -2.12. The largest absolute Gasteiger partial charge is 0.573 e. The highest BCUT2D eigenvalue weighted by Gasteiger charge is 2.36. The van der Waals surface area contributed by atoms with Gasteiger partial charge in [-0.1, -0.05) is 0 Å². The number of pyridine rings is 1. The summed E-state index contributed by atoms with van der Waals surface area (Å²) < 4.78 is 52.2. The van der Waals surface area contributed by atoms with Crippen LogP contribution in [0.4, 0.5) is 23.2 Å². The molecule has 0 amide bonds. The molecular formula is C8H6F4N2O3. The van der Waals surface area contributed by atoms with Crippen molar-refractivity contribution in [3.05, 3.63) is 27.6 Å². The van der Waals surface area contributed by atoms with Gasteiger partial charge in [0.25, 0.3) is 0 Å². The first kappa shape index (κ1) is 13.1. The molecule has 1 aromatic rings. The Hall–Kier alpha value is -1.93. The molecule has 0 atom stereocenters. The van der Waals surface area contributed by atoms with E-state index in [1.165, 1.54) is 6.92 Å². The third-order valence-corrected chi connectivity index (χ3v) is 1.87. The second-order valence-corrected chi connectivity index (χ2v) is 2.98. The molecule has 0 radical (unpaired) electrons. The van der Waals surface area contributed by atoms with Crippen molar-refractivity contribution in [3.63, 3.8) is 0 Å². The molecule has 0 bridgehead atoms. The van der Waals surface area contributed by atoms with E-state index in [1.807, 2.05) is 0 Å². The minimum atomic E-state index is -5.14. The molecule has 0 fully saturated rings. The van der Waals surface area contributed by atoms with Gasteiger partial charge in [0, 0.05) is 5.69 Å². The van der Waals surface area contributed by atoms with Crippen LogP contribution in [0.1, 0.15) is 11.3 Å². The summed E-state index contributed by atoms with van der Waals surface area (Å²) in [5.41, 5.74) is -1.71. The Balaban J connectivity index is 3.39. The van der Waals surface area contributed by atoms with Crippen LogP contribution in [0.3, 0.4) is 0 Å². The van der Waals surface area contributed by atoms with Crippen LogP contribution >= 0.6 is 0 Å². The standard InChI is InChI=1S/C8H6F4N2O3/c1-4-5(2-9)7(17-8(10,11)12)6(3-13-4)14(15)16/h3H,2H2,1H3. The maximum absolute atomic E-state index is 12.6. The smallest absolute Gasteiger partial charge is 0.398 e. The predicted octanol–water partition coefficient (Wildman–Crippen LogP) is 2.67. The van der Waals surface area contributed by atoms with Gasteiger partial charge in [0.1, 0.15) is 12.9 Å². The van der Waals surface area contributed by atoms with Crippen molar-refractivity contribution in [3.8, 4) is 5.75 Å². The third kappa shape index (κ3) is 3.02. The second kappa shape index (κ2) is 4.52. The molecule has 0 aliphatic carbocycles. The van der Waals surface area contributed by atoms with E-state index in [0.717, 1.165) is 0 Å². The van der Waals surface area contributed by atoms with Gasteiger partial charge in [-0.15, -0.1) is 13.2 Å². The topological polar surface area (TPSA) is 65.3 Å². The molecule has 1 aromatic heterocycles. The van der Waals surface area contributed by atoms with Gasteiger partial charge in [0.2, 0.25) is 5.75 Å². The summed E-state index contributed by atoms with van der Waals surface area (Å²) in [6.07, 6.45) is -4.54. The van der Waals surface area contributed by atoms with Crippen molar-refractivity contribution >= 4 is 5.69 Å². The number of hydrogen-bond donors (Lipinski definition) is 0. The van der Waals surface area contributed by atoms with Gasteiger partial charge in [0.05, 0.1) is 10.5 Å². The van der Waals surface area contributed by atoms with Crippen LogP contribution < -0.4 is 4.74 Å². The van der Waals surface area contributed by atoms with E-state index >= 15 is 0 Å². The van der Waals surface area contributed by atoms with Gasteiger partial charge in [0.15, 0.2) is 0 Å². The van der Waals surface area contributed by atoms with E-state index in [9.17, 15) is 27.7 Å². The molecule has 0 aliphatic heterocycles. The fraction of sp³-hybridized carbons (Fsp3) is 0.375. The summed E-state index contributed by atoms with van der Waals surface area (Å²) in [6.45, 7) is -0.117. The Morgan fingerprint density at radius 3 is 2.53 bits per heavy atom. The average Bonchev–Trinajstić information content (AvgIpc) is 2.15. The van der Waals surface area contributed by atoms with Crippen LogP contribution in [0, 0.1) is 17.0 Å². The summed E-state index contributed by atoms with van der Waals surface area (Å²) in [6, 6.07) is 0. The van der Waals surface area contributed by atoms with Gasteiger partial charge in [-0.05, 0) is 6.92 Å². The molecule has 5 nitrogen and oxygen atoms in total. The molecule has 0 aromatic carbocycles. The fourth-order valence-electron chi connectivity index (χ4n) is 1.13. The van der Waals surface area contributed by atoms with Crippen molar-refractivity contribution in [2.24, 2.45) is 0 Å². The van der Waals surface area contributed by atoms with Gasteiger partial charge in [-0.25, -0.2) is 4.39 Å². The Labute approximate surface area is 92.2 Å². The molecule has 0 saturated carbocycles. The monoisotopic (exact) mass is 254 g/mol. The Morgan fingerprint density at radius 1 is 1.53 bits per heavy atom. The van der Waals surface area contributed by atoms with E-state index < -0.39 is 35.0 Å². The SMILES string of the molecule is Cc1ncc([N+](=O)[O-])c(OC(F)(F)F)c1CF. The number of alkyl halides is 4. The Kier molecular flexibility index (Phi) is 3.49. The maximum Gasteiger partial charge on any atom is 0.573 e. The van der Waals surface area contributed by atoms with Gasteiger partial charge in [-0.2, -0.15) is 0 Å². The summed E-state index contributed by atoms with van der Waals surface area (Å²) >= 11 is 0. The number of halogens is 4. The Morgan fingerprint density at radius 2 is 2.12 bits per heavy atom. The molecular weight excluding hydrogens is 248 g/mol. The minimum absolute atomic E-state index is 0.0997. The van der Waals surface area contributed by atoms with Crippen LogP contribution in [-0.4, -0.2) is 16.3 Å². The first-order valence-electron chi connectivity index (χ1n) is 4.21. The lowest BCUT2D eigenvalue weighted by molar-refractivity contribution is -0.389. The minimum Gasteiger partial charge on any atom is -0.398 e. The van der Waals surface area contributed by atoms with Gasteiger partial charge in [-0.3, -0.25) is 15.1 Å². The zero-order chi connectivity index (χ0) is 13.2. The summed E-state index contributed by atoms with van der Waals surface area (Å²) in [4.78, 5) is 12.8. The number of ether oxygens (including phenoxy) is 1. The van der Waals surface area contributed by atoms with Crippen molar-refractivity contribution in [1.29, 1.82) is 0 Å². The fourth-order valence-corrected chi connectivity index (χ4v) is 1.13. The molecule has 17 heavy (non-hydrogen) atoms. The second-order valence-electron chi connectivity index (χ2n) is 2.98. The highest BCUT2D eigenvalue weighted by atomic mass is 19.4. The summed E-state index contributed by atoms with van der Waals surface area (Å²) in [7, 11) is 0. The number of aromatic nitrogens is 1. The van der Waals surface area contributed by atoms with E-state index in [4.69, 9.17) is 0 Å². The molecule has 1 heterocycles. The molecule has 0 saturated heterocycles. The molecule has 0 aliphatic rings. The van der Waals surface area contributed by atoms with Crippen LogP contribution in [-0.2, 0) is 6.67 Å². The van der Waals surface area contributed by atoms with Crippen LogP contribution in [0.15, 0.2) is 6.20 Å². The number of nitro groups is 1. The van der Waals surface area contributed by atoms with E-state index in [-0.39, 0.29) is 5.69 Å². The third-order valence-electron chi connectivity index (χ3n) is 1.87. The van der Waals surface area contributed by atoms with Crippen LogP contribution in [0.2, 0.25) is 0 Å². The predicted molar refractivity (Wildman–Crippen MR) is 47.1 cm³/mol. The summed E-state index contributed by atoms with van der Waals surface area (Å²) in [5, 5.41) is 10.5. The maximum atomic E-state index is 12.6. The van der Waals surface area contributed by atoms with Crippen LogP contribution in [0.5, 0.6) is 5.75 Å². The van der Waals surface area contributed by atoms with Gasteiger partial charge < -0.3 is 4.74 Å². The number of rotatable bonds is 3. The van der Waals surface area contributed by atoms with E-state index in [1.54, 1.807) is 0 Å². The molecule has 94 valence electrons. The highest BCUT2D eigenvalue weighted by molar-refractivity contribution is 5.51. The number of hydrogen-bond acceptors (Lipinski definition) is 4. The molecule has 9 heteroatoms. The zero-order valence-corrected chi connectivity index (χ0v) is 8.42. The van der Waals surface area contributed by atoms with E-state index in [0.29, 0.717) is 6.20 Å². The Bertz CT molecular complexity index is 447. The lowest BCUT2D eigenvalue weighted by atomic mass is 10.2. The normalized spacial score (nSPS) is 11.4. The molecule has 0 spiro atoms. The summed E-state index contributed by atoms with van der Waals surface area (Å²) in [5.74, 6) is -1.16. The van der Waals surface area contributed by atoms with Gasteiger partial charge >= 0.3 is 12.0 Å². The number of nitrogens with zero attached hydrogens (tertiary/aromatic N) is 2. The van der Waals surface area contributed by atoms with E-state index in [2.05, 4.69) is 9.72 Å². The molecule has 0 N–H and O–H groups in total. The van der Waals surface area contributed by atoms with Crippen molar-refractivity contribution in [1.82, 2.24) is 4.98 Å². The van der Waals surface area contributed by atoms with Crippen molar-refractivity contribution in [2.75, 3.05) is 0 Å². The average molecular weight is 254 g/mol. The zero-order valence-electron chi connectivity index (χ0n) is 8.42. The molecule has 0 unspecified atom stereocenters. The highest BCUT2D eigenvalue weighted by Crippen LogP contribution is 2.36. The number of aryl methyl sites for hydroxylation is 1. The first-order valence-corrected chi connectivity index (χ1v) is 4.21. The quantitative estimate of drug-likeness (QED) is 0.472. The van der Waals surface area contributed by atoms with Crippen LogP contribution in [0.25, 0.3) is 0 Å². The lowest BCUT2D eigenvalue weighted by Crippen LogP contribution is -2.19. The van der Waals surface area contributed by atoms with Crippen molar-refractivity contribution < 1.29 is 27.2 Å². The molecule has 1 rings (SSSR count). The first-order chi connectivity index (χ1) is 7.76.